The van der Waals surface area contributed by atoms with Gasteiger partial charge in [0.25, 0.3) is 0 Å². The van der Waals surface area contributed by atoms with Crippen LogP contribution < -0.4 is 5.73 Å². The summed E-state index contributed by atoms with van der Waals surface area (Å²) in [6, 6.07) is 3.48. The topological polar surface area (TPSA) is 83.2 Å². The first-order valence-electron chi connectivity index (χ1n) is 9.71. The van der Waals surface area contributed by atoms with Crippen LogP contribution in [0.1, 0.15) is 43.2 Å². The second-order valence-electron chi connectivity index (χ2n) is 7.38. The number of aromatic hydroxyl groups is 1. The summed E-state index contributed by atoms with van der Waals surface area (Å²) < 4.78 is 60.6. The molecule has 1 saturated heterocycles. The number of alkyl halides is 3. The van der Waals surface area contributed by atoms with Crippen LogP contribution in [0.5, 0.6) is 5.75 Å². The SMILES string of the molecule is COCOCC(N)(CCOC1CCCCO1)CCc1ccc(O)c(C(F)(F)F)c1. The van der Waals surface area contributed by atoms with Gasteiger partial charge in [0.2, 0.25) is 0 Å². The van der Waals surface area contributed by atoms with Gasteiger partial charge in [-0.1, -0.05) is 6.07 Å². The van der Waals surface area contributed by atoms with Crippen LogP contribution in [0.4, 0.5) is 13.2 Å². The fraction of sp³-hybridized carbons (Fsp3) is 0.700. The first-order chi connectivity index (χ1) is 13.7. The third-order valence-corrected chi connectivity index (χ3v) is 4.91. The second-order valence-corrected chi connectivity index (χ2v) is 7.38. The van der Waals surface area contributed by atoms with Gasteiger partial charge in [0.1, 0.15) is 12.5 Å². The molecule has 0 amide bonds. The van der Waals surface area contributed by atoms with E-state index >= 15 is 0 Å². The van der Waals surface area contributed by atoms with E-state index in [-0.39, 0.29) is 19.7 Å². The molecule has 0 aromatic heterocycles. The summed E-state index contributed by atoms with van der Waals surface area (Å²) in [5.41, 5.74) is 5.07. The number of hydrogen-bond donors (Lipinski definition) is 2. The number of benzene rings is 1. The lowest BCUT2D eigenvalue weighted by Crippen LogP contribution is -2.46. The predicted molar refractivity (Wildman–Crippen MR) is 100 cm³/mol. The molecule has 0 bridgehead atoms. The van der Waals surface area contributed by atoms with Crippen molar-refractivity contribution in [2.75, 3.05) is 33.7 Å². The molecule has 166 valence electrons. The molecular formula is C20H30F3NO5. The Balaban J connectivity index is 1.95. The van der Waals surface area contributed by atoms with Crippen LogP contribution in [0.15, 0.2) is 18.2 Å². The maximum Gasteiger partial charge on any atom is 0.419 e. The molecule has 0 aliphatic carbocycles. The number of phenolic OH excluding ortho intramolecular Hbond substituents is 1. The number of aryl methyl sites for hydroxylation is 1. The summed E-state index contributed by atoms with van der Waals surface area (Å²) in [6.45, 7) is 1.29. The van der Waals surface area contributed by atoms with Crippen LogP contribution in [0.2, 0.25) is 0 Å². The molecule has 0 spiro atoms. The molecule has 1 aromatic carbocycles. The number of nitrogens with two attached hydrogens (primary N) is 1. The average Bonchev–Trinajstić information content (AvgIpc) is 2.68. The molecule has 1 aromatic rings. The van der Waals surface area contributed by atoms with Crippen molar-refractivity contribution >= 4 is 0 Å². The molecule has 2 atom stereocenters. The normalized spacial score (nSPS) is 19.8. The van der Waals surface area contributed by atoms with E-state index < -0.39 is 23.0 Å². The number of rotatable bonds is 11. The van der Waals surface area contributed by atoms with E-state index in [4.69, 9.17) is 24.7 Å². The maximum atomic E-state index is 13.0. The fourth-order valence-corrected chi connectivity index (χ4v) is 3.19. The number of phenols is 1. The molecule has 6 nitrogen and oxygen atoms in total. The van der Waals surface area contributed by atoms with E-state index in [0.29, 0.717) is 38.0 Å². The van der Waals surface area contributed by atoms with Gasteiger partial charge < -0.3 is 29.8 Å². The Labute approximate surface area is 169 Å². The lowest BCUT2D eigenvalue weighted by molar-refractivity contribution is -0.166. The van der Waals surface area contributed by atoms with Gasteiger partial charge in [0.15, 0.2) is 6.29 Å². The van der Waals surface area contributed by atoms with Crippen molar-refractivity contribution in [2.45, 2.75) is 56.5 Å². The first-order valence-corrected chi connectivity index (χ1v) is 9.71. The highest BCUT2D eigenvalue weighted by atomic mass is 19.4. The third-order valence-electron chi connectivity index (χ3n) is 4.91. The molecule has 2 unspecified atom stereocenters. The highest BCUT2D eigenvalue weighted by molar-refractivity contribution is 5.38. The summed E-state index contributed by atoms with van der Waals surface area (Å²) >= 11 is 0. The van der Waals surface area contributed by atoms with Gasteiger partial charge in [-0.2, -0.15) is 13.2 Å². The summed E-state index contributed by atoms with van der Waals surface area (Å²) in [4.78, 5) is 0. The van der Waals surface area contributed by atoms with E-state index in [2.05, 4.69) is 0 Å². The van der Waals surface area contributed by atoms with Gasteiger partial charge in [-0.15, -0.1) is 0 Å². The van der Waals surface area contributed by atoms with E-state index in [1.165, 1.54) is 13.2 Å². The number of methoxy groups -OCH3 is 1. The highest BCUT2D eigenvalue weighted by Crippen LogP contribution is 2.36. The number of hydrogen-bond acceptors (Lipinski definition) is 6. The van der Waals surface area contributed by atoms with E-state index in [1.807, 2.05) is 0 Å². The largest absolute Gasteiger partial charge is 0.507 e. The van der Waals surface area contributed by atoms with Crippen LogP contribution in [-0.4, -0.2) is 50.7 Å². The molecule has 9 heteroatoms. The molecule has 2 rings (SSSR count). The van der Waals surface area contributed by atoms with Crippen molar-refractivity contribution in [3.8, 4) is 5.75 Å². The molecule has 0 saturated carbocycles. The van der Waals surface area contributed by atoms with Gasteiger partial charge in [0.05, 0.1) is 18.8 Å². The van der Waals surface area contributed by atoms with Crippen molar-refractivity contribution in [2.24, 2.45) is 5.73 Å². The number of ether oxygens (including phenoxy) is 4. The van der Waals surface area contributed by atoms with Gasteiger partial charge in [-0.3, -0.25) is 0 Å². The van der Waals surface area contributed by atoms with Crippen LogP contribution in [-0.2, 0) is 31.5 Å². The Bertz CT molecular complexity index is 623. The van der Waals surface area contributed by atoms with Crippen LogP contribution in [0.25, 0.3) is 0 Å². The Hall–Kier alpha value is -1.39. The van der Waals surface area contributed by atoms with Crippen molar-refractivity contribution in [1.82, 2.24) is 0 Å². The maximum absolute atomic E-state index is 13.0. The minimum atomic E-state index is -4.62. The van der Waals surface area contributed by atoms with E-state index in [1.54, 1.807) is 0 Å². The van der Waals surface area contributed by atoms with Crippen molar-refractivity contribution in [3.05, 3.63) is 29.3 Å². The standard InChI is InChI=1S/C20H30F3NO5/c1-26-14-27-13-19(24,9-11-29-18-4-2-3-10-28-18)8-7-15-5-6-17(25)16(12-15)20(21,22)23/h5-6,12,18,25H,2-4,7-11,13-14,24H2,1H3. The van der Waals surface area contributed by atoms with Crippen LogP contribution in [0, 0.1) is 0 Å². The Morgan fingerprint density at radius 3 is 2.69 bits per heavy atom. The summed E-state index contributed by atoms with van der Waals surface area (Å²) in [6.07, 6.45) is -0.791. The van der Waals surface area contributed by atoms with Crippen molar-refractivity contribution < 1.29 is 37.2 Å². The molecule has 1 fully saturated rings. The van der Waals surface area contributed by atoms with Crippen molar-refractivity contribution in [1.29, 1.82) is 0 Å². The molecular weight excluding hydrogens is 391 g/mol. The van der Waals surface area contributed by atoms with Crippen LogP contribution >= 0.6 is 0 Å². The second kappa shape index (κ2) is 11.1. The van der Waals surface area contributed by atoms with Crippen molar-refractivity contribution in [3.63, 3.8) is 0 Å². The molecule has 0 radical (unpaired) electrons. The lowest BCUT2D eigenvalue weighted by atomic mass is 9.89. The minimum Gasteiger partial charge on any atom is -0.507 e. The summed E-state index contributed by atoms with van der Waals surface area (Å²) in [5.74, 6) is -0.787. The zero-order valence-electron chi connectivity index (χ0n) is 16.7. The Morgan fingerprint density at radius 2 is 2.03 bits per heavy atom. The minimum absolute atomic E-state index is 0.0724. The molecule has 29 heavy (non-hydrogen) atoms. The van der Waals surface area contributed by atoms with Gasteiger partial charge in [-0.25, -0.2) is 0 Å². The molecule has 3 N–H and O–H groups in total. The Kier molecular flexibility index (Phi) is 9.16. The molecule has 1 aliphatic rings. The molecule has 1 aliphatic heterocycles. The zero-order chi connectivity index (χ0) is 21.3. The lowest BCUT2D eigenvalue weighted by Gasteiger charge is -2.31. The summed E-state index contributed by atoms with van der Waals surface area (Å²) in [5, 5.41) is 9.47. The summed E-state index contributed by atoms with van der Waals surface area (Å²) in [7, 11) is 1.50. The number of halogens is 3. The highest BCUT2D eigenvalue weighted by Gasteiger charge is 2.34. The first kappa shape index (κ1) is 23.9. The van der Waals surface area contributed by atoms with E-state index in [9.17, 15) is 18.3 Å². The zero-order valence-corrected chi connectivity index (χ0v) is 16.7. The fourth-order valence-electron chi connectivity index (χ4n) is 3.19. The smallest absolute Gasteiger partial charge is 0.419 e. The van der Waals surface area contributed by atoms with Gasteiger partial charge >= 0.3 is 6.18 Å². The van der Waals surface area contributed by atoms with Gasteiger partial charge in [-0.05, 0) is 56.2 Å². The van der Waals surface area contributed by atoms with Crippen LogP contribution in [0.3, 0.4) is 0 Å². The predicted octanol–water partition coefficient (Wildman–Crippen LogP) is 3.59. The van der Waals surface area contributed by atoms with Gasteiger partial charge in [0, 0.05) is 19.3 Å². The third kappa shape index (κ3) is 8.10. The average molecular weight is 421 g/mol. The van der Waals surface area contributed by atoms with E-state index in [0.717, 1.165) is 31.4 Å². The quantitative estimate of drug-likeness (QED) is 0.420. The Morgan fingerprint density at radius 1 is 1.24 bits per heavy atom. The monoisotopic (exact) mass is 421 g/mol. The molecule has 1 heterocycles.